The number of aromatic amines is 1. The predicted molar refractivity (Wildman–Crippen MR) is 163 cm³/mol. The van der Waals surface area contributed by atoms with Crippen LogP contribution < -0.4 is 10.9 Å². The number of carbonyl (C=O) groups excluding carboxylic acids is 1. The van der Waals surface area contributed by atoms with Crippen molar-refractivity contribution < 1.29 is 9.53 Å². The summed E-state index contributed by atoms with van der Waals surface area (Å²) in [6.45, 7) is 15.7. The van der Waals surface area contributed by atoms with Gasteiger partial charge in [-0.1, -0.05) is 13.3 Å². The van der Waals surface area contributed by atoms with Crippen LogP contribution in [0.3, 0.4) is 0 Å². The minimum Gasteiger partial charge on any atom is -0.379 e. The van der Waals surface area contributed by atoms with Crippen molar-refractivity contribution in [3.8, 4) is 11.1 Å². The third kappa shape index (κ3) is 6.31. The van der Waals surface area contributed by atoms with Gasteiger partial charge in [-0.05, 0) is 69.0 Å². The molecule has 5 rings (SSSR count). The van der Waals surface area contributed by atoms with Crippen molar-refractivity contribution in [2.45, 2.75) is 66.6 Å². The molecule has 41 heavy (non-hydrogen) atoms. The average molecular weight is 559 g/mol. The van der Waals surface area contributed by atoms with E-state index in [1.54, 1.807) is 0 Å². The van der Waals surface area contributed by atoms with E-state index in [1.807, 2.05) is 36.9 Å². The van der Waals surface area contributed by atoms with Crippen LogP contribution in [0.5, 0.6) is 0 Å². The van der Waals surface area contributed by atoms with Crippen LogP contribution >= 0.6 is 0 Å². The molecule has 1 fully saturated rings. The molecule has 2 N–H and O–H groups in total. The number of hydrogen-bond acceptors (Lipinski definition) is 5. The number of nitrogens with zero attached hydrogens (tertiary/aromatic N) is 4. The largest absolute Gasteiger partial charge is 0.379 e. The van der Waals surface area contributed by atoms with Crippen molar-refractivity contribution in [2.75, 3.05) is 32.8 Å². The van der Waals surface area contributed by atoms with Gasteiger partial charge in [0.15, 0.2) is 0 Å². The van der Waals surface area contributed by atoms with Crippen molar-refractivity contribution in [1.29, 1.82) is 0 Å². The summed E-state index contributed by atoms with van der Waals surface area (Å²) in [5.41, 5.74) is 6.88. The Morgan fingerprint density at radius 3 is 2.61 bits per heavy atom. The number of hydrogen-bond donors (Lipinski definition) is 2. The maximum atomic E-state index is 13.8. The summed E-state index contributed by atoms with van der Waals surface area (Å²) in [5, 5.41) is 8.63. The molecule has 0 unspecified atom stereocenters. The number of nitrogens with one attached hydrogen (secondary N) is 2. The zero-order valence-electron chi connectivity index (χ0n) is 24.9. The Morgan fingerprint density at radius 2 is 1.88 bits per heavy atom. The van der Waals surface area contributed by atoms with E-state index in [0.717, 1.165) is 91.1 Å². The van der Waals surface area contributed by atoms with Crippen molar-refractivity contribution >= 4 is 16.8 Å². The highest BCUT2D eigenvalue weighted by molar-refractivity contribution is 6.09. The van der Waals surface area contributed by atoms with Crippen LogP contribution in [-0.4, -0.2) is 63.0 Å². The van der Waals surface area contributed by atoms with Gasteiger partial charge in [0.05, 0.1) is 26.0 Å². The zero-order chi connectivity index (χ0) is 29.1. The van der Waals surface area contributed by atoms with Crippen LogP contribution in [0, 0.1) is 13.8 Å². The number of benzene rings is 1. The number of aryl methyl sites for hydroxylation is 3. The summed E-state index contributed by atoms with van der Waals surface area (Å²) in [7, 11) is 0. The molecular weight excluding hydrogens is 516 g/mol. The summed E-state index contributed by atoms with van der Waals surface area (Å²) >= 11 is 0. The third-order valence-electron chi connectivity index (χ3n) is 7.95. The van der Waals surface area contributed by atoms with E-state index in [-0.39, 0.29) is 24.1 Å². The molecule has 1 aromatic carbocycles. The van der Waals surface area contributed by atoms with E-state index in [4.69, 9.17) is 4.74 Å². The Bertz CT molecular complexity index is 1590. The van der Waals surface area contributed by atoms with Gasteiger partial charge in [0.1, 0.15) is 0 Å². The third-order valence-corrected chi connectivity index (χ3v) is 7.95. The van der Waals surface area contributed by atoms with Gasteiger partial charge in [-0.15, -0.1) is 0 Å². The first-order valence-electron chi connectivity index (χ1n) is 14.7. The molecule has 0 radical (unpaired) electrons. The number of morpholine rings is 1. The lowest BCUT2D eigenvalue weighted by molar-refractivity contribution is 0.0360. The van der Waals surface area contributed by atoms with Gasteiger partial charge >= 0.3 is 0 Å². The van der Waals surface area contributed by atoms with Crippen LogP contribution in [-0.2, 0) is 24.2 Å². The fraction of sp³-hybridized carbons (Fsp3) is 0.469. The second kappa shape index (κ2) is 12.4. The first-order chi connectivity index (χ1) is 19.7. The molecule has 0 aliphatic carbocycles. The molecular formula is C32H42N6O3. The summed E-state index contributed by atoms with van der Waals surface area (Å²) < 4.78 is 9.65. The Labute approximate surface area is 241 Å². The molecule has 0 spiro atoms. The van der Waals surface area contributed by atoms with Gasteiger partial charge in [-0.3, -0.25) is 19.2 Å². The smallest absolute Gasteiger partial charge is 0.253 e. The van der Waals surface area contributed by atoms with Crippen molar-refractivity contribution in [3.63, 3.8) is 0 Å². The molecule has 1 amide bonds. The molecule has 9 nitrogen and oxygen atoms in total. The Morgan fingerprint density at radius 1 is 1.10 bits per heavy atom. The number of rotatable bonds is 10. The summed E-state index contributed by atoms with van der Waals surface area (Å²) in [4.78, 5) is 31.9. The van der Waals surface area contributed by atoms with Crippen molar-refractivity contribution in [3.05, 3.63) is 75.1 Å². The SMILES string of the molecule is CCCc1cc(C)[nH]c(=O)c1CNC(=O)c1cc(-c2cnn(CCN3CCOCC3)c2)cc2c1c(C)cn2C(C)C. The van der Waals surface area contributed by atoms with Gasteiger partial charge in [0.2, 0.25) is 0 Å². The van der Waals surface area contributed by atoms with E-state index in [9.17, 15) is 9.59 Å². The highest BCUT2D eigenvalue weighted by atomic mass is 16.5. The average Bonchev–Trinajstić information content (AvgIpc) is 3.56. The lowest BCUT2D eigenvalue weighted by atomic mass is 9.99. The van der Waals surface area contributed by atoms with Gasteiger partial charge in [-0.25, -0.2) is 0 Å². The number of H-pyrrole nitrogens is 1. The van der Waals surface area contributed by atoms with Crippen LogP contribution in [0.25, 0.3) is 22.0 Å². The van der Waals surface area contributed by atoms with Crippen LogP contribution in [0.1, 0.15) is 66.0 Å². The topological polar surface area (TPSA) is 97.2 Å². The number of aromatic nitrogens is 4. The summed E-state index contributed by atoms with van der Waals surface area (Å²) in [5.74, 6) is -0.191. The fourth-order valence-corrected chi connectivity index (χ4v) is 5.80. The molecule has 1 aliphatic heterocycles. The highest BCUT2D eigenvalue weighted by Gasteiger charge is 2.20. The molecule has 9 heteroatoms. The molecule has 3 aromatic heterocycles. The highest BCUT2D eigenvalue weighted by Crippen LogP contribution is 2.33. The van der Waals surface area contributed by atoms with Crippen molar-refractivity contribution in [2.24, 2.45) is 0 Å². The second-order valence-corrected chi connectivity index (χ2v) is 11.4. The lowest BCUT2D eigenvalue weighted by Crippen LogP contribution is -2.38. The first-order valence-corrected chi connectivity index (χ1v) is 14.7. The molecule has 4 aromatic rings. The number of carbonyl (C=O) groups is 1. The minimum atomic E-state index is -0.191. The van der Waals surface area contributed by atoms with E-state index in [1.165, 1.54) is 0 Å². The molecule has 0 bridgehead atoms. The molecule has 218 valence electrons. The van der Waals surface area contributed by atoms with Gasteiger partial charge in [0.25, 0.3) is 11.5 Å². The molecule has 4 heterocycles. The van der Waals surface area contributed by atoms with E-state index in [0.29, 0.717) is 11.1 Å². The minimum absolute atomic E-state index is 0.140. The van der Waals surface area contributed by atoms with Crippen LogP contribution in [0.2, 0.25) is 0 Å². The number of pyridine rings is 1. The standard InChI is InChI=1S/C32H42N6O3/c1-6-7-24-14-23(5)35-32(40)28(24)18-33-31(39)27-15-25(16-29-30(27)22(4)19-38(29)21(2)3)26-17-34-37(20-26)9-8-36-10-12-41-13-11-36/h14-17,19-21H,6-13,18H2,1-5H3,(H,33,39)(H,35,40). The van der Waals surface area contributed by atoms with E-state index in [2.05, 4.69) is 64.1 Å². The monoisotopic (exact) mass is 558 g/mol. The van der Waals surface area contributed by atoms with Crippen molar-refractivity contribution in [1.82, 2.24) is 29.5 Å². The van der Waals surface area contributed by atoms with E-state index < -0.39 is 0 Å². The van der Waals surface area contributed by atoms with Crippen LogP contribution in [0.4, 0.5) is 0 Å². The number of ether oxygens (including phenoxy) is 1. The number of amides is 1. The predicted octanol–water partition coefficient (Wildman–Crippen LogP) is 4.61. The fourth-order valence-electron chi connectivity index (χ4n) is 5.80. The molecule has 0 atom stereocenters. The summed E-state index contributed by atoms with van der Waals surface area (Å²) in [6.07, 6.45) is 7.77. The Balaban J connectivity index is 1.46. The maximum Gasteiger partial charge on any atom is 0.253 e. The van der Waals surface area contributed by atoms with Crippen LogP contribution in [0.15, 0.2) is 41.6 Å². The quantitative estimate of drug-likeness (QED) is 0.296. The Kier molecular flexibility index (Phi) is 8.75. The molecule has 0 saturated carbocycles. The Hall–Kier alpha value is -3.69. The number of fused-ring (bicyclic) bond motifs is 1. The zero-order valence-corrected chi connectivity index (χ0v) is 24.9. The summed E-state index contributed by atoms with van der Waals surface area (Å²) in [6, 6.07) is 6.36. The van der Waals surface area contributed by atoms with Gasteiger partial charge in [0, 0.05) is 77.9 Å². The first kappa shape index (κ1) is 28.8. The van der Waals surface area contributed by atoms with E-state index >= 15 is 0 Å². The molecule has 1 aliphatic rings. The maximum absolute atomic E-state index is 13.8. The van der Waals surface area contributed by atoms with Gasteiger partial charge < -0.3 is 19.6 Å². The lowest BCUT2D eigenvalue weighted by Gasteiger charge is -2.26. The van der Waals surface area contributed by atoms with Gasteiger partial charge in [-0.2, -0.15) is 5.10 Å². The second-order valence-electron chi connectivity index (χ2n) is 11.4. The normalized spacial score (nSPS) is 14.3. The molecule has 1 saturated heterocycles.